The van der Waals surface area contributed by atoms with E-state index < -0.39 is 11.6 Å². The van der Waals surface area contributed by atoms with Crippen molar-refractivity contribution in [3.8, 4) is 5.75 Å². The number of nitrogens with one attached hydrogen (secondary N) is 1. The highest BCUT2D eigenvalue weighted by molar-refractivity contribution is 6.30. The third-order valence-electron chi connectivity index (χ3n) is 3.43. The molecule has 1 aliphatic rings. The maximum atomic E-state index is 13.7. The Morgan fingerprint density at radius 1 is 1.42 bits per heavy atom. The maximum absolute atomic E-state index is 13.7. The van der Waals surface area contributed by atoms with E-state index in [4.69, 9.17) is 16.3 Å². The lowest BCUT2D eigenvalue weighted by Gasteiger charge is -2.24. The Bertz CT molecular complexity index is 412. The average molecular weight is 290 g/mol. The molecule has 1 aromatic rings. The van der Waals surface area contributed by atoms with Gasteiger partial charge in [-0.15, -0.1) is 0 Å². The van der Waals surface area contributed by atoms with Gasteiger partial charge in [0.2, 0.25) is 0 Å². The van der Waals surface area contributed by atoms with Crippen LogP contribution in [0.4, 0.5) is 8.78 Å². The van der Waals surface area contributed by atoms with E-state index in [1.807, 2.05) is 6.92 Å². The Labute approximate surface area is 117 Å². The number of benzene rings is 1. The van der Waals surface area contributed by atoms with Crippen LogP contribution in [0.15, 0.2) is 12.1 Å². The molecule has 2 atom stereocenters. The van der Waals surface area contributed by atoms with Gasteiger partial charge in [-0.05, 0) is 31.5 Å². The summed E-state index contributed by atoms with van der Waals surface area (Å²) < 4.78 is 33.1. The zero-order valence-corrected chi connectivity index (χ0v) is 11.6. The molecule has 0 radical (unpaired) electrons. The summed E-state index contributed by atoms with van der Waals surface area (Å²) in [6.07, 6.45) is 2.51. The summed E-state index contributed by atoms with van der Waals surface area (Å²) >= 11 is 5.60. The highest BCUT2D eigenvalue weighted by Crippen LogP contribution is 2.30. The molecule has 5 heteroatoms. The summed E-state index contributed by atoms with van der Waals surface area (Å²) in [6, 6.07) is 2.16. The maximum Gasteiger partial charge on any atom is 0.191 e. The van der Waals surface area contributed by atoms with Crippen molar-refractivity contribution in [3.05, 3.63) is 28.8 Å². The van der Waals surface area contributed by atoms with Gasteiger partial charge < -0.3 is 10.1 Å². The van der Waals surface area contributed by atoms with Crippen LogP contribution in [0.2, 0.25) is 5.02 Å². The summed E-state index contributed by atoms with van der Waals surface area (Å²) in [5.41, 5.74) is 0. The van der Waals surface area contributed by atoms with Crippen LogP contribution in [0.5, 0.6) is 5.75 Å². The molecule has 1 saturated heterocycles. The van der Waals surface area contributed by atoms with E-state index >= 15 is 0 Å². The Kier molecular flexibility index (Phi) is 4.99. The van der Waals surface area contributed by atoms with E-state index in [-0.39, 0.29) is 16.9 Å². The van der Waals surface area contributed by atoms with Gasteiger partial charge >= 0.3 is 0 Å². The number of halogens is 3. The predicted molar refractivity (Wildman–Crippen MR) is 71.7 cm³/mol. The van der Waals surface area contributed by atoms with Crippen LogP contribution in [-0.2, 0) is 0 Å². The van der Waals surface area contributed by atoms with Gasteiger partial charge in [-0.25, -0.2) is 8.78 Å². The first-order valence-electron chi connectivity index (χ1n) is 6.63. The Morgan fingerprint density at radius 3 is 2.63 bits per heavy atom. The largest absolute Gasteiger partial charge is 0.484 e. The van der Waals surface area contributed by atoms with Crippen LogP contribution in [0.3, 0.4) is 0 Å². The molecule has 1 N–H and O–H groups in total. The number of rotatable bonds is 5. The molecule has 0 aliphatic carbocycles. The third kappa shape index (κ3) is 3.57. The van der Waals surface area contributed by atoms with Crippen molar-refractivity contribution in [3.63, 3.8) is 0 Å². The lowest BCUT2D eigenvalue weighted by atomic mass is 9.97. The lowest BCUT2D eigenvalue weighted by molar-refractivity contribution is 0.121. The molecule has 19 heavy (non-hydrogen) atoms. The monoisotopic (exact) mass is 289 g/mol. The van der Waals surface area contributed by atoms with Crippen molar-refractivity contribution >= 4 is 11.6 Å². The van der Waals surface area contributed by atoms with Crippen LogP contribution >= 0.6 is 11.6 Å². The molecule has 0 amide bonds. The highest BCUT2D eigenvalue weighted by atomic mass is 35.5. The van der Waals surface area contributed by atoms with Gasteiger partial charge in [0.25, 0.3) is 0 Å². The van der Waals surface area contributed by atoms with Crippen molar-refractivity contribution in [2.45, 2.75) is 32.3 Å². The minimum atomic E-state index is -0.739. The summed E-state index contributed by atoms with van der Waals surface area (Å²) in [5.74, 6) is -1.49. The second kappa shape index (κ2) is 6.53. The number of hydrogen-bond acceptors (Lipinski definition) is 2. The molecule has 0 saturated carbocycles. The van der Waals surface area contributed by atoms with Gasteiger partial charge in [-0.1, -0.05) is 24.9 Å². The van der Waals surface area contributed by atoms with Crippen LogP contribution in [-0.4, -0.2) is 19.2 Å². The second-order valence-electron chi connectivity index (χ2n) is 4.90. The van der Waals surface area contributed by atoms with Crippen molar-refractivity contribution in [2.75, 3.05) is 13.1 Å². The summed E-state index contributed by atoms with van der Waals surface area (Å²) in [7, 11) is 0. The van der Waals surface area contributed by atoms with Gasteiger partial charge in [-0.3, -0.25) is 0 Å². The molecule has 2 nitrogen and oxygen atoms in total. The van der Waals surface area contributed by atoms with Gasteiger partial charge in [0.1, 0.15) is 6.10 Å². The number of hydrogen-bond donors (Lipinski definition) is 1. The fourth-order valence-corrected chi connectivity index (χ4v) is 2.65. The molecule has 0 aromatic heterocycles. The summed E-state index contributed by atoms with van der Waals surface area (Å²) in [5, 5.41) is 3.29. The van der Waals surface area contributed by atoms with Crippen LogP contribution in [0.1, 0.15) is 26.2 Å². The van der Waals surface area contributed by atoms with Gasteiger partial charge in [0.05, 0.1) is 0 Å². The zero-order valence-electron chi connectivity index (χ0n) is 10.9. The van der Waals surface area contributed by atoms with Crippen molar-refractivity contribution in [1.82, 2.24) is 5.32 Å². The van der Waals surface area contributed by atoms with Crippen LogP contribution in [0.25, 0.3) is 0 Å². The highest BCUT2D eigenvalue weighted by Gasteiger charge is 2.27. The second-order valence-corrected chi connectivity index (χ2v) is 5.33. The van der Waals surface area contributed by atoms with Crippen LogP contribution in [0, 0.1) is 17.6 Å². The third-order valence-corrected chi connectivity index (χ3v) is 3.65. The summed E-state index contributed by atoms with van der Waals surface area (Å²) in [6.45, 7) is 3.80. The zero-order chi connectivity index (χ0) is 13.8. The first-order chi connectivity index (χ1) is 9.11. The van der Waals surface area contributed by atoms with E-state index in [0.29, 0.717) is 5.92 Å². The lowest BCUT2D eigenvalue weighted by Crippen LogP contribution is -2.29. The minimum absolute atomic E-state index is 0.0388. The normalized spacial score (nSPS) is 20.5. The van der Waals surface area contributed by atoms with Gasteiger partial charge in [-0.2, -0.15) is 0 Å². The van der Waals surface area contributed by atoms with E-state index in [0.717, 1.165) is 44.5 Å². The average Bonchev–Trinajstić information content (AvgIpc) is 2.85. The molecule has 0 bridgehead atoms. The molecular formula is C14H18ClF2NO. The van der Waals surface area contributed by atoms with E-state index in [1.54, 1.807) is 0 Å². The van der Waals surface area contributed by atoms with E-state index in [2.05, 4.69) is 5.32 Å². The molecule has 1 fully saturated rings. The summed E-state index contributed by atoms with van der Waals surface area (Å²) in [4.78, 5) is 0. The van der Waals surface area contributed by atoms with Gasteiger partial charge in [0, 0.05) is 17.5 Å². The van der Waals surface area contributed by atoms with Gasteiger partial charge in [0.15, 0.2) is 17.4 Å². The predicted octanol–water partition coefficient (Wildman–Crippen LogP) is 3.78. The molecule has 1 aliphatic heterocycles. The van der Waals surface area contributed by atoms with Crippen LogP contribution < -0.4 is 10.1 Å². The van der Waals surface area contributed by atoms with E-state index in [9.17, 15) is 8.78 Å². The quantitative estimate of drug-likeness (QED) is 0.891. The first kappa shape index (κ1) is 14.5. The van der Waals surface area contributed by atoms with Crippen molar-refractivity contribution < 1.29 is 13.5 Å². The topological polar surface area (TPSA) is 21.3 Å². The van der Waals surface area contributed by atoms with Crippen molar-refractivity contribution in [1.29, 1.82) is 0 Å². The smallest absolute Gasteiger partial charge is 0.191 e. The Morgan fingerprint density at radius 2 is 2.11 bits per heavy atom. The molecule has 2 rings (SSSR count). The number of ether oxygens (including phenoxy) is 1. The SMILES string of the molecule is CCC[C@H](Oc1c(F)cc(Cl)cc1F)C1CCNC1. The molecule has 1 heterocycles. The molecular weight excluding hydrogens is 272 g/mol. The fourth-order valence-electron chi connectivity index (χ4n) is 2.46. The minimum Gasteiger partial charge on any atom is -0.484 e. The van der Waals surface area contributed by atoms with Crippen molar-refractivity contribution in [2.24, 2.45) is 5.92 Å². The Hall–Kier alpha value is -0.870. The van der Waals surface area contributed by atoms with E-state index in [1.165, 1.54) is 0 Å². The standard InChI is InChI=1S/C14H18ClF2NO/c1-2-3-13(9-4-5-18-8-9)19-14-11(16)6-10(15)7-12(14)17/h6-7,9,13,18H,2-5,8H2,1H3/t9?,13-/m0/s1. The molecule has 1 unspecified atom stereocenters. The fraction of sp³-hybridized carbons (Fsp3) is 0.571. The molecule has 106 valence electrons. The molecule has 1 aromatic carbocycles. The molecule has 0 spiro atoms. The Balaban J connectivity index is 2.16. The first-order valence-corrected chi connectivity index (χ1v) is 7.01.